The highest BCUT2D eigenvalue weighted by Gasteiger charge is 2.50. The molecule has 1 aromatic heterocycles. The van der Waals surface area contributed by atoms with Crippen LogP contribution in [-0.4, -0.2) is 21.8 Å². The van der Waals surface area contributed by atoms with Crippen LogP contribution in [0, 0.1) is 11.6 Å². The first-order valence-electron chi connectivity index (χ1n) is 8.48. The molecule has 5 nitrogen and oxygen atoms in total. The first kappa shape index (κ1) is 18.2. The van der Waals surface area contributed by atoms with Crippen LogP contribution in [0.2, 0.25) is 0 Å². The molecule has 1 N–H and O–H groups in total. The van der Waals surface area contributed by atoms with Crippen molar-refractivity contribution in [2.24, 2.45) is 0 Å². The van der Waals surface area contributed by atoms with Crippen LogP contribution in [0.25, 0.3) is 10.6 Å². The Kier molecular flexibility index (Phi) is 4.43. The highest BCUT2D eigenvalue weighted by Crippen LogP contribution is 2.32. The average molecular weight is 399 g/mol. The summed E-state index contributed by atoms with van der Waals surface area (Å²) in [6.07, 6.45) is 0. The Bertz CT molecular complexity index is 1070. The summed E-state index contributed by atoms with van der Waals surface area (Å²) < 4.78 is 27.8. The maximum atomic E-state index is 14.2. The minimum absolute atomic E-state index is 0.0550. The van der Waals surface area contributed by atoms with Gasteiger partial charge in [-0.15, -0.1) is 11.3 Å². The van der Waals surface area contributed by atoms with E-state index >= 15 is 0 Å². The van der Waals surface area contributed by atoms with Gasteiger partial charge < -0.3 is 5.32 Å². The van der Waals surface area contributed by atoms with Crippen LogP contribution in [0.5, 0.6) is 0 Å². The van der Waals surface area contributed by atoms with Crippen LogP contribution in [0.4, 0.5) is 13.6 Å². The lowest BCUT2D eigenvalue weighted by Crippen LogP contribution is -2.41. The molecule has 0 aliphatic carbocycles. The number of aromatic nitrogens is 1. The Balaban J connectivity index is 1.60. The lowest BCUT2D eigenvalue weighted by atomic mass is 9.91. The molecule has 0 bridgehead atoms. The van der Waals surface area contributed by atoms with E-state index in [1.165, 1.54) is 18.3 Å². The summed E-state index contributed by atoms with van der Waals surface area (Å²) >= 11 is 1.40. The number of hydrogen-bond donors (Lipinski definition) is 1. The Morgan fingerprint density at radius 3 is 2.64 bits per heavy atom. The van der Waals surface area contributed by atoms with Crippen LogP contribution in [0.1, 0.15) is 18.2 Å². The van der Waals surface area contributed by atoms with E-state index in [2.05, 4.69) is 10.3 Å². The van der Waals surface area contributed by atoms with Gasteiger partial charge in [0.25, 0.3) is 5.91 Å². The lowest BCUT2D eigenvalue weighted by Gasteiger charge is -2.22. The first-order chi connectivity index (χ1) is 13.4. The smallest absolute Gasteiger partial charge is 0.319 e. The van der Waals surface area contributed by atoms with E-state index in [-0.39, 0.29) is 12.1 Å². The van der Waals surface area contributed by atoms with Gasteiger partial charge in [-0.05, 0) is 25.1 Å². The third-order valence-corrected chi connectivity index (χ3v) is 5.57. The van der Waals surface area contributed by atoms with Crippen molar-refractivity contribution in [3.8, 4) is 10.6 Å². The molecular weight excluding hydrogens is 384 g/mol. The number of amides is 3. The summed E-state index contributed by atoms with van der Waals surface area (Å²) in [6, 6.07) is 11.7. The summed E-state index contributed by atoms with van der Waals surface area (Å²) in [6.45, 7) is 1.31. The molecule has 1 aliphatic rings. The fraction of sp³-hybridized carbons (Fsp3) is 0.150. The third kappa shape index (κ3) is 3.05. The standard InChI is InChI=1S/C20H15F2N3O2S/c1-20(15-9-13(21)7-8-16(15)22)18(26)25(19(27)24-20)10-14-11-28-17(23-14)12-5-3-2-4-6-12/h2-9,11H,10H2,1H3,(H,24,27)/t20-/m0/s1. The number of benzene rings is 2. The molecular formula is C20H15F2N3O2S. The van der Waals surface area contributed by atoms with Crippen molar-refractivity contribution in [1.82, 2.24) is 15.2 Å². The van der Waals surface area contributed by atoms with E-state index < -0.39 is 29.1 Å². The van der Waals surface area contributed by atoms with Gasteiger partial charge in [-0.25, -0.2) is 18.6 Å². The zero-order valence-electron chi connectivity index (χ0n) is 14.8. The number of hydrogen-bond acceptors (Lipinski definition) is 4. The van der Waals surface area contributed by atoms with Crippen molar-refractivity contribution in [2.75, 3.05) is 0 Å². The van der Waals surface area contributed by atoms with Gasteiger partial charge >= 0.3 is 6.03 Å². The van der Waals surface area contributed by atoms with Crippen molar-refractivity contribution in [1.29, 1.82) is 0 Å². The molecule has 28 heavy (non-hydrogen) atoms. The van der Waals surface area contributed by atoms with Crippen molar-refractivity contribution >= 4 is 23.3 Å². The molecule has 0 unspecified atom stereocenters. The predicted molar refractivity (Wildman–Crippen MR) is 100 cm³/mol. The van der Waals surface area contributed by atoms with E-state index in [0.717, 1.165) is 33.7 Å². The second-order valence-electron chi connectivity index (χ2n) is 6.58. The Morgan fingerprint density at radius 1 is 1.14 bits per heavy atom. The van der Waals surface area contributed by atoms with Gasteiger partial charge in [0.2, 0.25) is 0 Å². The van der Waals surface area contributed by atoms with Gasteiger partial charge in [0.05, 0.1) is 12.2 Å². The molecule has 8 heteroatoms. The summed E-state index contributed by atoms with van der Waals surface area (Å²) in [5, 5.41) is 5.01. The van der Waals surface area contributed by atoms with Crippen molar-refractivity contribution in [2.45, 2.75) is 19.0 Å². The third-order valence-electron chi connectivity index (χ3n) is 4.63. The van der Waals surface area contributed by atoms with Crippen LogP contribution in [-0.2, 0) is 16.9 Å². The fourth-order valence-electron chi connectivity index (χ4n) is 3.16. The molecule has 1 saturated heterocycles. The molecule has 2 heterocycles. The van der Waals surface area contributed by atoms with Crippen LogP contribution >= 0.6 is 11.3 Å². The van der Waals surface area contributed by atoms with Gasteiger partial charge in [-0.1, -0.05) is 30.3 Å². The van der Waals surface area contributed by atoms with Crippen molar-refractivity contribution in [3.63, 3.8) is 0 Å². The maximum Gasteiger partial charge on any atom is 0.325 e. The van der Waals surface area contributed by atoms with E-state index in [9.17, 15) is 18.4 Å². The number of nitrogens with zero attached hydrogens (tertiary/aromatic N) is 2. The molecule has 1 aliphatic heterocycles. The molecule has 0 saturated carbocycles. The van der Waals surface area contributed by atoms with Crippen molar-refractivity contribution in [3.05, 3.63) is 76.8 Å². The van der Waals surface area contributed by atoms with Crippen LogP contribution in [0.15, 0.2) is 53.9 Å². The minimum atomic E-state index is -1.68. The molecule has 1 fully saturated rings. The second-order valence-corrected chi connectivity index (χ2v) is 7.44. The Labute approximate surface area is 163 Å². The molecule has 3 aromatic rings. The van der Waals surface area contributed by atoms with E-state index in [1.807, 2.05) is 30.3 Å². The molecule has 3 amide bonds. The zero-order valence-corrected chi connectivity index (χ0v) is 15.6. The number of imide groups is 1. The number of rotatable bonds is 4. The predicted octanol–water partition coefficient (Wildman–Crippen LogP) is 4.06. The summed E-state index contributed by atoms with van der Waals surface area (Å²) in [7, 11) is 0. The fourth-order valence-corrected chi connectivity index (χ4v) is 3.98. The average Bonchev–Trinajstić information content (AvgIpc) is 3.24. The SMILES string of the molecule is C[C@@]1(c2cc(F)ccc2F)NC(=O)N(Cc2csc(-c3ccccc3)n2)C1=O. The van der Waals surface area contributed by atoms with Crippen molar-refractivity contribution < 1.29 is 18.4 Å². The number of halogens is 2. The molecule has 4 rings (SSSR count). The zero-order chi connectivity index (χ0) is 19.9. The summed E-state index contributed by atoms with van der Waals surface area (Å²) in [5.41, 5.74) is -0.419. The molecule has 142 valence electrons. The highest BCUT2D eigenvalue weighted by atomic mass is 32.1. The quantitative estimate of drug-likeness (QED) is 0.673. The van der Waals surface area contributed by atoms with Gasteiger partial charge in [0.1, 0.15) is 22.2 Å². The van der Waals surface area contributed by atoms with Crippen LogP contribution < -0.4 is 5.32 Å². The second kappa shape index (κ2) is 6.79. The molecule has 0 radical (unpaired) electrons. The lowest BCUT2D eigenvalue weighted by molar-refractivity contribution is -0.131. The van der Waals surface area contributed by atoms with E-state index in [1.54, 1.807) is 5.38 Å². The first-order valence-corrected chi connectivity index (χ1v) is 9.36. The molecule has 1 atom stereocenters. The molecule has 2 aromatic carbocycles. The summed E-state index contributed by atoms with van der Waals surface area (Å²) in [5.74, 6) is -2.11. The van der Waals surface area contributed by atoms with Gasteiger partial charge in [0, 0.05) is 16.5 Å². The maximum absolute atomic E-state index is 14.2. The number of urea groups is 1. The van der Waals surface area contributed by atoms with E-state index in [4.69, 9.17) is 0 Å². The van der Waals surface area contributed by atoms with Crippen LogP contribution in [0.3, 0.4) is 0 Å². The number of carbonyl (C=O) groups is 2. The van der Waals surface area contributed by atoms with Gasteiger partial charge in [-0.3, -0.25) is 9.69 Å². The number of carbonyl (C=O) groups excluding carboxylic acids is 2. The Morgan fingerprint density at radius 2 is 1.89 bits per heavy atom. The number of nitrogens with one attached hydrogen (secondary N) is 1. The monoisotopic (exact) mass is 399 g/mol. The highest BCUT2D eigenvalue weighted by molar-refractivity contribution is 7.13. The van der Waals surface area contributed by atoms with Gasteiger partial charge in [-0.2, -0.15) is 0 Å². The Hall–Kier alpha value is -3.13. The number of thiazole rings is 1. The van der Waals surface area contributed by atoms with E-state index in [0.29, 0.717) is 5.69 Å². The summed E-state index contributed by atoms with van der Waals surface area (Å²) in [4.78, 5) is 30.8. The largest absolute Gasteiger partial charge is 0.325 e. The normalized spacial score (nSPS) is 19.2. The van der Waals surface area contributed by atoms with Gasteiger partial charge in [0.15, 0.2) is 0 Å². The minimum Gasteiger partial charge on any atom is -0.319 e. The molecule has 0 spiro atoms. The topological polar surface area (TPSA) is 62.3 Å².